The SMILES string of the molecule is Cc1cc(Cl)c(N)cc1S(=O)(=O)NCC(O)C(N)=O. The molecule has 9 heteroatoms. The van der Waals surface area contributed by atoms with E-state index in [1.165, 1.54) is 12.1 Å². The van der Waals surface area contributed by atoms with Gasteiger partial charge in [-0.05, 0) is 24.6 Å². The molecule has 0 aromatic heterocycles. The predicted octanol–water partition coefficient (Wildman–Crippen LogP) is -0.645. The van der Waals surface area contributed by atoms with Crippen molar-refractivity contribution in [2.75, 3.05) is 12.3 Å². The van der Waals surface area contributed by atoms with Gasteiger partial charge >= 0.3 is 0 Å². The van der Waals surface area contributed by atoms with E-state index in [0.29, 0.717) is 5.56 Å². The number of nitrogens with two attached hydrogens (primary N) is 2. The second kappa shape index (κ2) is 5.74. The highest BCUT2D eigenvalue weighted by Gasteiger charge is 2.21. The van der Waals surface area contributed by atoms with Gasteiger partial charge in [-0.15, -0.1) is 0 Å². The highest BCUT2D eigenvalue weighted by Crippen LogP contribution is 2.25. The molecule has 106 valence electrons. The Morgan fingerprint density at radius 3 is 2.63 bits per heavy atom. The molecule has 0 saturated carbocycles. The highest BCUT2D eigenvalue weighted by molar-refractivity contribution is 7.89. The van der Waals surface area contributed by atoms with Gasteiger partial charge in [-0.1, -0.05) is 11.6 Å². The number of halogens is 1. The van der Waals surface area contributed by atoms with Gasteiger partial charge in [0.05, 0.1) is 15.6 Å². The number of benzene rings is 1. The van der Waals surface area contributed by atoms with Crippen molar-refractivity contribution in [2.45, 2.75) is 17.9 Å². The summed E-state index contributed by atoms with van der Waals surface area (Å²) >= 11 is 5.76. The first kappa shape index (κ1) is 15.7. The highest BCUT2D eigenvalue weighted by atomic mass is 35.5. The van der Waals surface area contributed by atoms with E-state index < -0.39 is 28.6 Å². The van der Waals surface area contributed by atoms with Crippen LogP contribution in [0.25, 0.3) is 0 Å². The summed E-state index contributed by atoms with van der Waals surface area (Å²) in [4.78, 5) is 10.5. The van der Waals surface area contributed by atoms with Crippen LogP contribution in [0.5, 0.6) is 0 Å². The molecule has 1 atom stereocenters. The number of rotatable bonds is 5. The van der Waals surface area contributed by atoms with E-state index >= 15 is 0 Å². The van der Waals surface area contributed by atoms with Crippen LogP contribution in [0.1, 0.15) is 5.56 Å². The van der Waals surface area contributed by atoms with E-state index in [2.05, 4.69) is 4.72 Å². The Labute approximate surface area is 115 Å². The van der Waals surface area contributed by atoms with Crippen molar-refractivity contribution in [3.63, 3.8) is 0 Å². The van der Waals surface area contributed by atoms with Crippen molar-refractivity contribution in [1.29, 1.82) is 0 Å². The monoisotopic (exact) mass is 307 g/mol. The van der Waals surface area contributed by atoms with Gasteiger partial charge in [0.1, 0.15) is 6.10 Å². The molecule has 1 aromatic rings. The fourth-order valence-corrected chi connectivity index (χ4v) is 2.84. The molecule has 1 amide bonds. The number of carbonyl (C=O) groups excluding carboxylic acids is 1. The minimum Gasteiger partial charge on any atom is -0.397 e. The number of hydrogen-bond acceptors (Lipinski definition) is 5. The molecular weight excluding hydrogens is 294 g/mol. The van der Waals surface area contributed by atoms with Crippen molar-refractivity contribution < 1.29 is 18.3 Å². The van der Waals surface area contributed by atoms with Crippen LogP contribution >= 0.6 is 11.6 Å². The maximum absolute atomic E-state index is 12.0. The molecular formula is C10H14ClN3O4S. The summed E-state index contributed by atoms with van der Waals surface area (Å²) in [6.07, 6.45) is -1.60. The normalized spacial score (nSPS) is 13.2. The molecule has 0 aliphatic heterocycles. The van der Waals surface area contributed by atoms with Gasteiger partial charge in [-0.25, -0.2) is 13.1 Å². The number of aliphatic hydroxyl groups excluding tert-OH is 1. The van der Waals surface area contributed by atoms with Crippen LogP contribution in [0.15, 0.2) is 17.0 Å². The maximum atomic E-state index is 12.0. The molecule has 0 heterocycles. The summed E-state index contributed by atoms with van der Waals surface area (Å²) in [5.74, 6) is -1.02. The van der Waals surface area contributed by atoms with E-state index in [1.807, 2.05) is 0 Å². The van der Waals surface area contributed by atoms with Crippen LogP contribution in [-0.4, -0.2) is 32.1 Å². The lowest BCUT2D eigenvalue weighted by Gasteiger charge is -2.12. The largest absolute Gasteiger partial charge is 0.397 e. The molecule has 1 unspecified atom stereocenters. The fraction of sp³-hybridized carbons (Fsp3) is 0.300. The Morgan fingerprint density at radius 2 is 2.11 bits per heavy atom. The minimum atomic E-state index is -3.92. The van der Waals surface area contributed by atoms with Gasteiger partial charge in [0.25, 0.3) is 0 Å². The number of primary amides is 1. The number of aliphatic hydroxyl groups is 1. The van der Waals surface area contributed by atoms with E-state index in [-0.39, 0.29) is 15.6 Å². The third-order valence-electron chi connectivity index (χ3n) is 2.38. The van der Waals surface area contributed by atoms with E-state index in [1.54, 1.807) is 6.92 Å². The second-order valence-electron chi connectivity index (χ2n) is 3.91. The summed E-state index contributed by atoms with van der Waals surface area (Å²) in [6, 6.07) is 2.62. The van der Waals surface area contributed by atoms with Crippen molar-refractivity contribution in [3.8, 4) is 0 Å². The topological polar surface area (TPSA) is 136 Å². The Hall–Kier alpha value is -1.35. The van der Waals surface area contributed by atoms with Gasteiger partial charge in [-0.2, -0.15) is 0 Å². The van der Waals surface area contributed by atoms with Gasteiger partial charge in [0.15, 0.2) is 0 Å². The first-order chi connectivity index (χ1) is 8.65. The first-order valence-corrected chi connectivity index (χ1v) is 7.04. The summed E-state index contributed by atoms with van der Waals surface area (Å²) in [5, 5.41) is 9.40. The molecule has 0 spiro atoms. The van der Waals surface area contributed by atoms with Crippen LogP contribution in [0.4, 0.5) is 5.69 Å². The third-order valence-corrected chi connectivity index (χ3v) is 4.27. The fourth-order valence-electron chi connectivity index (χ4n) is 1.33. The summed E-state index contributed by atoms with van der Waals surface area (Å²) < 4.78 is 26.0. The van der Waals surface area contributed by atoms with Gasteiger partial charge < -0.3 is 16.6 Å². The quantitative estimate of drug-likeness (QED) is 0.536. The van der Waals surface area contributed by atoms with Crippen LogP contribution in [0.3, 0.4) is 0 Å². The molecule has 0 fully saturated rings. The van der Waals surface area contributed by atoms with E-state index in [0.717, 1.165) is 0 Å². The number of aryl methyl sites for hydroxylation is 1. The number of nitrogens with one attached hydrogen (secondary N) is 1. The van der Waals surface area contributed by atoms with Crippen LogP contribution in [0.2, 0.25) is 5.02 Å². The van der Waals surface area contributed by atoms with E-state index in [9.17, 15) is 13.2 Å². The first-order valence-electron chi connectivity index (χ1n) is 5.18. The third kappa shape index (κ3) is 3.80. The molecule has 0 saturated heterocycles. The molecule has 7 nitrogen and oxygen atoms in total. The molecule has 0 aliphatic rings. The zero-order valence-corrected chi connectivity index (χ0v) is 11.6. The second-order valence-corrected chi connectivity index (χ2v) is 6.05. The van der Waals surface area contributed by atoms with Crippen molar-refractivity contribution in [1.82, 2.24) is 4.72 Å². The number of nitrogen functional groups attached to an aromatic ring is 1. The molecule has 19 heavy (non-hydrogen) atoms. The maximum Gasteiger partial charge on any atom is 0.247 e. The Kier molecular flexibility index (Phi) is 4.75. The summed E-state index contributed by atoms with van der Waals surface area (Å²) in [6.45, 7) is 1.03. The minimum absolute atomic E-state index is 0.0777. The smallest absolute Gasteiger partial charge is 0.247 e. The lowest BCUT2D eigenvalue weighted by molar-refractivity contribution is -0.125. The van der Waals surface area contributed by atoms with Crippen LogP contribution in [-0.2, 0) is 14.8 Å². The van der Waals surface area contributed by atoms with Crippen molar-refractivity contribution in [2.24, 2.45) is 5.73 Å². The van der Waals surface area contributed by atoms with Crippen molar-refractivity contribution >= 4 is 33.2 Å². The average molecular weight is 308 g/mol. The molecule has 0 aliphatic carbocycles. The number of sulfonamides is 1. The van der Waals surface area contributed by atoms with E-state index in [4.69, 9.17) is 28.2 Å². The number of hydrogen-bond donors (Lipinski definition) is 4. The molecule has 0 radical (unpaired) electrons. The summed E-state index contributed by atoms with van der Waals surface area (Å²) in [5.41, 5.74) is 10.9. The lowest BCUT2D eigenvalue weighted by atomic mass is 10.2. The molecule has 1 rings (SSSR count). The molecule has 6 N–H and O–H groups in total. The van der Waals surface area contributed by atoms with Crippen LogP contribution in [0, 0.1) is 6.92 Å². The zero-order valence-electron chi connectivity index (χ0n) is 10.1. The zero-order chi connectivity index (χ0) is 14.8. The number of carbonyl (C=O) groups is 1. The summed E-state index contributed by atoms with van der Waals surface area (Å²) in [7, 11) is -3.92. The number of amides is 1. The number of anilines is 1. The lowest BCUT2D eigenvalue weighted by Crippen LogP contribution is -2.40. The Morgan fingerprint density at radius 1 is 1.53 bits per heavy atom. The van der Waals surface area contributed by atoms with Gasteiger partial charge in [0.2, 0.25) is 15.9 Å². The van der Waals surface area contributed by atoms with Crippen LogP contribution < -0.4 is 16.2 Å². The predicted molar refractivity (Wildman–Crippen MR) is 71.0 cm³/mol. The molecule has 1 aromatic carbocycles. The Balaban J connectivity index is 3.01. The average Bonchev–Trinajstić information content (AvgIpc) is 2.30. The standard InChI is InChI=1S/C10H14ClN3O4S/c1-5-2-6(11)7(12)3-9(5)19(17,18)14-4-8(15)10(13)16/h2-3,8,14-15H,4,12H2,1H3,(H2,13,16). The van der Waals surface area contributed by atoms with Crippen molar-refractivity contribution in [3.05, 3.63) is 22.7 Å². The van der Waals surface area contributed by atoms with Gasteiger partial charge in [0, 0.05) is 6.54 Å². The molecule has 0 bridgehead atoms. The van der Waals surface area contributed by atoms with Gasteiger partial charge in [-0.3, -0.25) is 4.79 Å². The Bertz CT molecular complexity index is 603.